The zero-order valence-electron chi connectivity index (χ0n) is 13.9. The van der Waals surface area contributed by atoms with Gasteiger partial charge in [0.2, 0.25) is 0 Å². The molecule has 1 amide bonds. The molecule has 1 saturated carbocycles. The van der Waals surface area contributed by atoms with Crippen LogP contribution in [0.25, 0.3) is 5.69 Å². The van der Waals surface area contributed by atoms with Gasteiger partial charge in [0, 0.05) is 36.2 Å². The molecule has 23 heavy (non-hydrogen) atoms. The predicted octanol–water partition coefficient (Wildman–Crippen LogP) is 3.85. The predicted molar refractivity (Wildman–Crippen MR) is 94.2 cm³/mol. The first-order valence-corrected chi connectivity index (χ1v) is 9.31. The van der Waals surface area contributed by atoms with E-state index < -0.39 is 0 Å². The lowest BCUT2D eigenvalue weighted by molar-refractivity contribution is 0.0722. The van der Waals surface area contributed by atoms with Gasteiger partial charge >= 0.3 is 0 Å². The van der Waals surface area contributed by atoms with Crippen molar-refractivity contribution < 1.29 is 4.79 Å². The van der Waals surface area contributed by atoms with E-state index in [-0.39, 0.29) is 5.91 Å². The topological polar surface area (TPSA) is 38.1 Å². The van der Waals surface area contributed by atoms with Gasteiger partial charge < -0.3 is 4.90 Å². The molecule has 3 rings (SSSR count). The van der Waals surface area contributed by atoms with E-state index in [1.165, 1.54) is 0 Å². The highest BCUT2D eigenvalue weighted by Gasteiger charge is 2.33. The van der Waals surface area contributed by atoms with Crippen LogP contribution < -0.4 is 0 Å². The Morgan fingerprint density at radius 2 is 2.04 bits per heavy atom. The Balaban J connectivity index is 1.79. The van der Waals surface area contributed by atoms with E-state index >= 15 is 0 Å². The lowest BCUT2D eigenvalue weighted by atomic mass is 10.1. The summed E-state index contributed by atoms with van der Waals surface area (Å²) in [6.45, 7) is 5.16. The summed E-state index contributed by atoms with van der Waals surface area (Å²) in [5, 5.41) is 0.948. The Bertz CT molecular complexity index is 674. The smallest absolute Gasteiger partial charge is 0.254 e. The van der Waals surface area contributed by atoms with E-state index in [0.717, 1.165) is 35.8 Å². The Kier molecular flexibility index (Phi) is 4.76. The number of benzene rings is 1. The molecule has 1 aliphatic rings. The van der Waals surface area contributed by atoms with Crippen LogP contribution in [0.3, 0.4) is 0 Å². The van der Waals surface area contributed by atoms with Crippen molar-refractivity contribution in [1.82, 2.24) is 14.5 Å². The number of amides is 1. The number of imidazole rings is 1. The summed E-state index contributed by atoms with van der Waals surface area (Å²) in [4.78, 5) is 19.1. The molecule has 122 valence electrons. The maximum atomic E-state index is 12.8. The lowest BCUT2D eigenvalue weighted by Gasteiger charge is -2.24. The zero-order chi connectivity index (χ0) is 16.4. The first-order chi connectivity index (χ1) is 11.1. The molecule has 1 aromatic heterocycles. The van der Waals surface area contributed by atoms with Gasteiger partial charge in [0.05, 0.1) is 0 Å². The average Bonchev–Trinajstić information content (AvgIpc) is 3.28. The summed E-state index contributed by atoms with van der Waals surface area (Å²) in [6.07, 6.45) is 8.03. The second-order valence-corrected chi connectivity index (χ2v) is 7.19. The third kappa shape index (κ3) is 3.61. The molecule has 1 aliphatic carbocycles. The van der Waals surface area contributed by atoms with E-state index in [2.05, 4.69) is 18.8 Å². The maximum absolute atomic E-state index is 12.8. The molecule has 2 aromatic rings. The van der Waals surface area contributed by atoms with Crippen LogP contribution in [0.2, 0.25) is 0 Å². The maximum Gasteiger partial charge on any atom is 0.254 e. The van der Waals surface area contributed by atoms with E-state index in [4.69, 9.17) is 0 Å². The number of nitrogens with zero attached hydrogens (tertiary/aromatic N) is 3. The molecule has 5 heteroatoms. The van der Waals surface area contributed by atoms with Crippen LogP contribution in [0.4, 0.5) is 0 Å². The first-order valence-electron chi connectivity index (χ1n) is 8.09. The van der Waals surface area contributed by atoms with Crippen LogP contribution in [0, 0.1) is 5.92 Å². The number of hydrogen-bond donors (Lipinski definition) is 0. The minimum atomic E-state index is 0.156. The molecule has 0 bridgehead atoms. The van der Waals surface area contributed by atoms with Gasteiger partial charge in [-0.05, 0) is 49.3 Å². The number of aromatic nitrogens is 2. The average molecular weight is 329 g/mol. The van der Waals surface area contributed by atoms with Gasteiger partial charge in [-0.1, -0.05) is 25.6 Å². The van der Waals surface area contributed by atoms with Gasteiger partial charge in [-0.2, -0.15) is 0 Å². The first kappa shape index (κ1) is 16.1. The quantitative estimate of drug-likeness (QED) is 0.756. The van der Waals surface area contributed by atoms with Crippen LogP contribution >= 0.6 is 11.8 Å². The third-order valence-corrected chi connectivity index (χ3v) is 4.66. The van der Waals surface area contributed by atoms with Gasteiger partial charge in [0.25, 0.3) is 5.91 Å². The second kappa shape index (κ2) is 6.79. The highest BCUT2D eigenvalue weighted by Crippen LogP contribution is 2.29. The molecule has 0 unspecified atom stereocenters. The molecule has 0 N–H and O–H groups in total. The van der Waals surface area contributed by atoms with Crippen molar-refractivity contribution in [3.8, 4) is 5.69 Å². The van der Waals surface area contributed by atoms with Crippen LogP contribution in [-0.4, -0.2) is 39.2 Å². The van der Waals surface area contributed by atoms with Gasteiger partial charge in [0.15, 0.2) is 5.16 Å². The monoisotopic (exact) mass is 329 g/mol. The Morgan fingerprint density at radius 3 is 2.61 bits per heavy atom. The minimum absolute atomic E-state index is 0.156. The third-order valence-electron chi connectivity index (χ3n) is 3.99. The van der Waals surface area contributed by atoms with Crippen molar-refractivity contribution in [2.75, 3.05) is 12.8 Å². The fraction of sp³-hybridized carbons (Fsp3) is 0.444. The summed E-state index contributed by atoms with van der Waals surface area (Å²) in [7, 11) is 0. The van der Waals surface area contributed by atoms with Gasteiger partial charge in [-0.15, -0.1) is 0 Å². The summed E-state index contributed by atoms with van der Waals surface area (Å²) >= 11 is 1.61. The molecular weight excluding hydrogens is 306 g/mol. The van der Waals surface area contributed by atoms with E-state index in [0.29, 0.717) is 12.0 Å². The van der Waals surface area contributed by atoms with Gasteiger partial charge in [-0.3, -0.25) is 9.36 Å². The number of carbonyl (C=O) groups is 1. The van der Waals surface area contributed by atoms with E-state index in [1.54, 1.807) is 18.0 Å². The molecule has 0 aliphatic heterocycles. The molecule has 0 saturated heterocycles. The number of hydrogen-bond acceptors (Lipinski definition) is 3. The van der Waals surface area contributed by atoms with Crippen molar-refractivity contribution >= 4 is 17.7 Å². The molecule has 1 heterocycles. The van der Waals surface area contributed by atoms with Crippen molar-refractivity contribution in [1.29, 1.82) is 0 Å². The second-order valence-electron chi connectivity index (χ2n) is 6.41. The Labute approximate surface area is 141 Å². The molecule has 1 aromatic carbocycles. The highest BCUT2D eigenvalue weighted by atomic mass is 32.2. The van der Waals surface area contributed by atoms with Crippen LogP contribution in [0.5, 0.6) is 0 Å². The summed E-state index contributed by atoms with van der Waals surface area (Å²) < 4.78 is 2.03. The van der Waals surface area contributed by atoms with Gasteiger partial charge in [0.1, 0.15) is 0 Å². The van der Waals surface area contributed by atoms with Crippen LogP contribution in [0.15, 0.2) is 41.8 Å². The molecular formula is C18H23N3OS. The SMILES string of the molecule is CSc1nccn1-c1ccc(C(=O)N(CC(C)C)C2CC2)cc1. The normalized spacial score (nSPS) is 14.3. The minimum Gasteiger partial charge on any atom is -0.335 e. The summed E-state index contributed by atoms with van der Waals surface area (Å²) in [5.41, 5.74) is 1.80. The Hall–Kier alpha value is -1.75. The summed E-state index contributed by atoms with van der Waals surface area (Å²) in [5.74, 6) is 0.650. The number of carbonyl (C=O) groups excluding carboxylic acids is 1. The number of thioether (sulfide) groups is 1. The Morgan fingerprint density at radius 1 is 1.35 bits per heavy atom. The standard InChI is InChI=1S/C18H23N3OS/c1-13(2)12-21(16-8-9-16)17(22)14-4-6-15(7-5-14)20-11-10-19-18(20)23-3/h4-7,10-11,13,16H,8-9,12H2,1-3H3. The highest BCUT2D eigenvalue weighted by molar-refractivity contribution is 7.98. The largest absolute Gasteiger partial charge is 0.335 e. The molecule has 1 fully saturated rings. The fourth-order valence-electron chi connectivity index (χ4n) is 2.75. The molecule has 4 nitrogen and oxygen atoms in total. The van der Waals surface area contributed by atoms with Crippen molar-refractivity contribution in [2.24, 2.45) is 5.92 Å². The zero-order valence-corrected chi connectivity index (χ0v) is 14.7. The molecule has 0 radical (unpaired) electrons. The van der Waals surface area contributed by atoms with Crippen LogP contribution in [0.1, 0.15) is 37.0 Å². The van der Waals surface area contributed by atoms with Crippen LogP contribution in [-0.2, 0) is 0 Å². The fourth-order valence-corrected chi connectivity index (χ4v) is 3.27. The lowest BCUT2D eigenvalue weighted by Crippen LogP contribution is -2.36. The van der Waals surface area contributed by atoms with E-state index in [9.17, 15) is 4.79 Å². The van der Waals surface area contributed by atoms with Crippen molar-refractivity contribution in [3.63, 3.8) is 0 Å². The van der Waals surface area contributed by atoms with Crippen molar-refractivity contribution in [3.05, 3.63) is 42.2 Å². The van der Waals surface area contributed by atoms with E-state index in [1.807, 2.05) is 46.2 Å². The van der Waals surface area contributed by atoms with Crippen molar-refractivity contribution in [2.45, 2.75) is 37.9 Å². The van der Waals surface area contributed by atoms with Gasteiger partial charge in [-0.25, -0.2) is 4.98 Å². The summed E-state index contributed by atoms with van der Waals surface area (Å²) in [6, 6.07) is 8.29. The number of rotatable bonds is 6. The molecule has 0 spiro atoms. The molecule has 0 atom stereocenters.